The van der Waals surface area contributed by atoms with Crippen LogP contribution in [0.5, 0.6) is 11.5 Å². The van der Waals surface area contributed by atoms with Crippen LogP contribution in [0.25, 0.3) is 0 Å². The van der Waals surface area contributed by atoms with E-state index >= 15 is 0 Å². The van der Waals surface area contributed by atoms with Gasteiger partial charge in [0.05, 0.1) is 5.92 Å². The van der Waals surface area contributed by atoms with Crippen LogP contribution in [0.1, 0.15) is 38.2 Å². The van der Waals surface area contributed by atoms with Gasteiger partial charge in [0.15, 0.2) is 5.78 Å². The topological polar surface area (TPSA) is 85.3 Å². The van der Waals surface area contributed by atoms with Crippen molar-refractivity contribution in [3.05, 3.63) is 81.9 Å². The minimum absolute atomic E-state index is 0.0180. The van der Waals surface area contributed by atoms with Crippen molar-refractivity contribution in [1.29, 1.82) is 5.26 Å². The molecule has 0 amide bonds. The summed E-state index contributed by atoms with van der Waals surface area (Å²) >= 11 is 5.93. The number of hydrogen-bond acceptors (Lipinski definition) is 5. The number of rotatable bonds is 3. The van der Waals surface area contributed by atoms with E-state index in [-0.39, 0.29) is 22.7 Å². The maximum Gasteiger partial charge on any atom is 0.205 e. The highest BCUT2D eigenvalue weighted by Gasteiger charge is 2.43. The molecule has 0 saturated carbocycles. The normalized spacial score (nSPS) is 20.3. The number of carbonyl (C=O) groups is 1. The first kappa shape index (κ1) is 20.1. The summed E-state index contributed by atoms with van der Waals surface area (Å²) < 4.78 is 11.7. The lowest BCUT2D eigenvalue weighted by Crippen LogP contribution is -2.33. The molecule has 2 aliphatic rings. The molecule has 0 aromatic heterocycles. The molecule has 1 aliphatic heterocycles. The maximum absolute atomic E-state index is 13.0. The predicted octanol–water partition coefficient (Wildman–Crippen LogP) is 5.58. The van der Waals surface area contributed by atoms with E-state index < -0.39 is 5.92 Å². The summed E-state index contributed by atoms with van der Waals surface area (Å²) in [6, 6.07) is 16.5. The standard InChI is InChI=1S/C24H21ClN2O3/c1-24(2)11-19(28)22-20(12-24)30-23(27)18(13-26)21(22)14-4-3-5-17(10-14)29-16-8-6-15(25)7-9-16/h3-10,21H,11-12,27H2,1-2H3/t21-/m1/s1. The van der Waals surface area contributed by atoms with Crippen molar-refractivity contribution in [1.82, 2.24) is 0 Å². The molecule has 1 heterocycles. The number of ether oxygens (including phenoxy) is 2. The van der Waals surface area contributed by atoms with E-state index in [1.165, 1.54) is 0 Å². The third-order valence-corrected chi connectivity index (χ3v) is 5.57. The van der Waals surface area contributed by atoms with Gasteiger partial charge in [-0.3, -0.25) is 4.79 Å². The first-order valence-electron chi connectivity index (χ1n) is 9.64. The average molecular weight is 421 g/mol. The first-order chi connectivity index (χ1) is 14.3. The van der Waals surface area contributed by atoms with Crippen molar-refractivity contribution >= 4 is 17.4 Å². The molecule has 2 aromatic carbocycles. The van der Waals surface area contributed by atoms with Crippen LogP contribution < -0.4 is 10.5 Å². The maximum atomic E-state index is 13.0. The zero-order valence-corrected chi connectivity index (χ0v) is 17.5. The Hall–Kier alpha value is -3.23. The minimum Gasteiger partial charge on any atom is -0.457 e. The minimum atomic E-state index is -0.573. The molecular weight excluding hydrogens is 400 g/mol. The molecule has 4 rings (SSSR count). The Kier molecular flexibility index (Phi) is 5.05. The van der Waals surface area contributed by atoms with E-state index in [9.17, 15) is 10.1 Å². The number of nitrogens with zero attached hydrogens (tertiary/aromatic N) is 1. The number of halogens is 1. The number of nitriles is 1. The van der Waals surface area contributed by atoms with Gasteiger partial charge in [-0.1, -0.05) is 37.6 Å². The Labute approximate surface area is 180 Å². The molecule has 0 radical (unpaired) electrons. The van der Waals surface area contributed by atoms with Crippen molar-refractivity contribution < 1.29 is 14.3 Å². The summed E-state index contributed by atoms with van der Waals surface area (Å²) in [7, 11) is 0. The van der Waals surface area contributed by atoms with Crippen LogP contribution in [-0.2, 0) is 9.53 Å². The second-order valence-corrected chi connectivity index (χ2v) is 8.77. The van der Waals surface area contributed by atoms with Crippen LogP contribution in [0.4, 0.5) is 0 Å². The molecular formula is C24H21ClN2O3. The summed E-state index contributed by atoms with van der Waals surface area (Å²) in [5.74, 6) is 1.24. The van der Waals surface area contributed by atoms with Gasteiger partial charge in [0.1, 0.15) is 28.9 Å². The quantitative estimate of drug-likeness (QED) is 0.700. The molecule has 1 aliphatic carbocycles. The predicted molar refractivity (Wildman–Crippen MR) is 114 cm³/mol. The molecule has 0 saturated heterocycles. The van der Waals surface area contributed by atoms with Gasteiger partial charge in [-0.05, 0) is 47.4 Å². The smallest absolute Gasteiger partial charge is 0.205 e. The van der Waals surface area contributed by atoms with Crippen LogP contribution in [0.2, 0.25) is 5.02 Å². The summed E-state index contributed by atoms with van der Waals surface area (Å²) in [6.07, 6.45) is 0.982. The molecule has 0 spiro atoms. The highest BCUT2D eigenvalue weighted by Crippen LogP contribution is 2.48. The van der Waals surface area contributed by atoms with Crippen LogP contribution in [0.15, 0.2) is 71.3 Å². The van der Waals surface area contributed by atoms with E-state index in [2.05, 4.69) is 6.07 Å². The summed E-state index contributed by atoms with van der Waals surface area (Å²) in [6.45, 7) is 4.04. The van der Waals surface area contributed by atoms with Gasteiger partial charge in [-0.25, -0.2) is 0 Å². The second-order valence-electron chi connectivity index (χ2n) is 8.33. The third-order valence-electron chi connectivity index (χ3n) is 5.32. The summed E-state index contributed by atoms with van der Waals surface area (Å²) in [4.78, 5) is 13.0. The lowest BCUT2D eigenvalue weighted by molar-refractivity contribution is -0.119. The van der Waals surface area contributed by atoms with Crippen molar-refractivity contribution in [3.63, 3.8) is 0 Å². The Morgan fingerprint density at radius 2 is 1.90 bits per heavy atom. The van der Waals surface area contributed by atoms with Crippen LogP contribution in [-0.4, -0.2) is 5.78 Å². The molecule has 5 nitrogen and oxygen atoms in total. The van der Waals surface area contributed by atoms with Gasteiger partial charge >= 0.3 is 0 Å². The van der Waals surface area contributed by atoms with E-state index in [0.717, 1.165) is 5.56 Å². The fraction of sp³-hybridized carbons (Fsp3) is 0.250. The van der Waals surface area contributed by atoms with Crippen molar-refractivity contribution in [3.8, 4) is 17.6 Å². The van der Waals surface area contributed by atoms with Gasteiger partial charge < -0.3 is 15.2 Å². The molecule has 2 N–H and O–H groups in total. The van der Waals surface area contributed by atoms with Crippen molar-refractivity contribution in [2.24, 2.45) is 11.1 Å². The Bertz CT molecular complexity index is 1120. The zero-order valence-electron chi connectivity index (χ0n) is 16.7. The SMILES string of the molecule is CC1(C)CC(=O)C2=C(C1)OC(N)=C(C#N)[C@H]2c1cccc(Oc2ccc(Cl)cc2)c1. The van der Waals surface area contributed by atoms with E-state index in [4.69, 9.17) is 26.8 Å². The molecule has 152 valence electrons. The number of ketones is 1. The number of benzene rings is 2. The Morgan fingerprint density at radius 1 is 1.17 bits per heavy atom. The lowest BCUT2D eigenvalue weighted by Gasteiger charge is -2.37. The highest BCUT2D eigenvalue weighted by molar-refractivity contribution is 6.30. The number of allylic oxidation sites excluding steroid dienone is 3. The third kappa shape index (κ3) is 3.79. The van der Waals surface area contributed by atoms with Gasteiger partial charge in [0, 0.05) is 23.4 Å². The number of Topliss-reactive ketones (excluding diaryl/α,β-unsaturated/α-hetero) is 1. The Morgan fingerprint density at radius 3 is 2.60 bits per heavy atom. The number of nitrogens with two attached hydrogens (primary N) is 1. The Balaban J connectivity index is 1.76. The van der Waals surface area contributed by atoms with Crippen LogP contribution in [0.3, 0.4) is 0 Å². The molecule has 1 atom stereocenters. The average Bonchev–Trinajstić information content (AvgIpc) is 2.68. The van der Waals surface area contributed by atoms with E-state index in [1.54, 1.807) is 24.3 Å². The summed E-state index contributed by atoms with van der Waals surface area (Å²) in [5, 5.41) is 10.4. The fourth-order valence-corrected chi connectivity index (χ4v) is 4.14. The van der Waals surface area contributed by atoms with Crippen LogP contribution in [0, 0.1) is 16.7 Å². The molecule has 0 bridgehead atoms. The van der Waals surface area contributed by atoms with Gasteiger partial charge in [0.25, 0.3) is 0 Å². The highest BCUT2D eigenvalue weighted by atomic mass is 35.5. The second kappa shape index (κ2) is 7.55. The van der Waals surface area contributed by atoms with Crippen molar-refractivity contribution in [2.45, 2.75) is 32.6 Å². The molecule has 0 fully saturated rings. The van der Waals surface area contributed by atoms with Gasteiger partial charge in [-0.2, -0.15) is 5.26 Å². The monoisotopic (exact) mass is 420 g/mol. The lowest BCUT2D eigenvalue weighted by atomic mass is 9.70. The molecule has 2 aromatic rings. The fourth-order valence-electron chi connectivity index (χ4n) is 4.01. The van der Waals surface area contributed by atoms with Gasteiger partial charge in [-0.15, -0.1) is 0 Å². The molecule has 0 unspecified atom stereocenters. The number of carbonyl (C=O) groups excluding carboxylic acids is 1. The van der Waals surface area contributed by atoms with Crippen molar-refractivity contribution in [2.75, 3.05) is 0 Å². The van der Waals surface area contributed by atoms with E-state index in [1.807, 2.05) is 38.1 Å². The van der Waals surface area contributed by atoms with Crippen LogP contribution >= 0.6 is 11.6 Å². The number of hydrogen-bond donors (Lipinski definition) is 1. The van der Waals surface area contributed by atoms with E-state index in [0.29, 0.717) is 40.7 Å². The van der Waals surface area contributed by atoms with Gasteiger partial charge in [0.2, 0.25) is 5.88 Å². The zero-order chi connectivity index (χ0) is 21.5. The molecule has 30 heavy (non-hydrogen) atoms. The largest absolute Gasteiger partial charge is 0.457 e. The first-order valence-corrected chi connectivity index (χ1v) is 10.0. The molecule has 6 heteroatoms. The summed E-state index contributed by atoms with van der Waals surface area (Å²) in [5.41, 5.74) is 7.37.